The molecule has 3 aromatic rings. The van der Waals surface area contributed by atoms with E-state index in [1.165, 1.54) is 11.1 Å². The van der Waals surface area contributed by atoms with Crippen molar-refractivity contribution in [3.05, 3.63) is 65.6 Å². The maximum Gasteiger partial charge on any atom is 0.315 e. The fourth-order valence-electron chi connectivity index (χ4n) is 3.59. The molecule has 28 heavy (non-hydrogen) atoms. The number of fused-ring (bicyclic) bond motifs is 1. The lowest BCUT2D eigenvalue weighted by atomic mass is 9.82. The average Bonchev–Trinajstić information content (AvgIpc) is 3.10. The Morgan fingerprint density at radius 2 is 1.89 bits per heavy atom. The van der Waals surface area contributed by atoms with Crippen LogP contribution in [0.25, 0.3) is 5.65 Å². The third kappa shape index (κ3) is 4.32. The number of aryl methyl sites for hydroxylation is 1. The van der Waals surface area contributed by atoms with E-state index < -0.39 is 0 Å². The molecule has 0 aliphatic rings. The maximum atomic E-state index is 12.6. The van der Waals surface area contributed by atoms with Crippen molar-refractivity contribution in [1.29, 1.82) is 0 Å². The van der Waals surface area contributed by atoms with Gasteiger partial charge < -0.3 is 10.6 Å². The largest absolute Gasteiger partial charge is 0.337 e. The number of urea groups is 1. The number of hydrogen-bond donors (Lipinski definition) is 2. The molecule has 6 heteroatoms. The van der Waals surface area contributed by atoms with E-state index in [9.17, 15) is 4.79 Å². The Bertz CT molecular complexity index is 947. The van der Waals surface area contributed by atoms with Gasteiger partial charge in [0.1, 0.15) is 0 Å². The van der Waals surface area contributed by atoms with E-state index in [0.29, 0.717) is 6.54 Å². The molecule has 1 unspecified atom stereocenters. The minimum Gasteiger partial charge on any atom is -0.337 e. The smallest absolute Gasteiger partial charge is 0.315 e. The highest BCUT2D eigenvalue weighted by molar-refractivity contribution is 5.74. The molecule has 0 radical (unpaired) electrons. The Balaban J connectivity index is 1.69. The van der Waals surface area contributed by atoms with Crippen LogP contribution in [0.3, 0.4) is 0 Å². The average molecular weight is 380 g/mol. The third-order valence-corrected chi connectivity index (χ3v) is 5.10. The molecule has 2 aromatic heterocycles. The minimum atomic E-state index is -0.191. The Labute approximate surface area is 166 Å². The standard InChI is InChI=1S/C22H29N5O/c1-5-10-18(20-26-25-19-13-8-9-14-27(19)20)24-21(28)23-15-22(3,4)17-12-7-6-11-16(17)2/h6-9,11-14,18H,5,10,15H2,1-4H3,(H2,23,24,28). The molecular formula is C22H29N5O. The predicted molar refractivity (Wildman–Crippen MR) is 111 cm³/mol. The highest BCUT2D eigenvalue weighted by Crippen LogP contribution is 2.25. The summed E-state index contributed by atoms with van der Waals surface area (Å²) < 4.78 is 1.93. The molecule has 0 bridgehead atoms. The normalized spacial score (nSPS) is 12.7. The molecule has 0 aliphatic carbocycles. The Kier molecular flexibility index (Phi) is 5.97. The third-order valence-electron chi connectivity index (χ3n) is 5.10. The van der Waals surface area contributed by atoms with Gasteiger partial charge in [-0.05, 0) is 36.6 Å². The number of carbonyl (C=O) groups excluding carboxylic acids is 1. The predicted octanol–water partition coefficient (Wildman–Crippen LogP) is 4.16. The summed E-state index contributed by atoms with van der Waals surface area (Å²) >= 11 is 0. The quantitative estimate of drug-likeness (QED) is 0.648. The van der Waals surface area contributed by atoms with E-state index >= 15 is 0 Å². The van der Waals surface area contributed by atoms with E-state index in [2.05, 4.69) is 60.7 Å². The summed E-state index contributed by atoms with van der Waals surface area (Å²) in [6, 6.07) is 13.7. The van der Waals surface area contributed by atoms with Gasteiger partial charge in [-0.3, -0.25) is 4.40 Å². The molecule has 1 atom stereocenters. The van der Waals surface area contributed by atoms with E-state index in [-0.39, 0.29) is 17.5 Å². The summed E-state index contributed by atoms with van der Waals surface area (Å²) in [4.78, 5) is 12.6. The number of nitrogens with zero attached hydrogens (tertiary/aromatic N) is 3. The fraction of sp³-hybridized carbons (Fsp3) is 0.409. The highest BCUT2D eigenvalue weighted by Gasteiger charge is 2.24. The zero-order valence-corrected chi connectivity index (χ0v) is 17.1. The second-order valence-corrected chi connectivity index (χ2v) is 7.85. The monoisotopic (exact) mass is 379 g/mol. The van der Waals surface area contributed by atoms with Crippen molar-refractivity contribution in [2.75, 3.05) is 6.54 Å². The Morgan fingerprint density at radius 1 is 1.14 bits per heavy atom. The van der Waals surface area contributed by atoms with Crippen LogP contribution in [0.1, 0.15) is 56.6 Å². The van der Waals surface area contributed by atoms with Crippen molar-refractivity contribution in [1.82, 2.24) is 25.2 Å². The van der Waals surface area contributed by atoms with Crippen LogP contribution in [0.5, 0.6) is 0 Å². The number of carbonyl (C=O) groups is 1. The minimum absolute atomic E-state index is 0.162. The maximum absolute atomic E-state index is 12.6. The summed E-state index contributed by atoms with van der Waals surface area (Å²) in [7, 11) is 0. The van der Waals surface area contributed by atoms with Crippen LogP contribution < -0.4 is 10.6 Å². The van der Waals surface area contributed by atoms with Gasteiger partial charge in [-0.25, -0.2) is 4.79 Å². The molecule has 0 saturated heterocycles. The summed E-state index contributed by atoms with van der Waals surface area (Å²) in [5.74, 6) is 0.755. The summed E-state index contributed by atoms with van der Waals surface area (Å²) in [6.45, 7) is 9.03. The Hall–Kier alpha value is -2.89. The van der Waals surface area contributed by atoms with Crippen molar-refractivity contribution in [2.24, 2.45) is 0 Å². The lowest BCUT2D eigenvalue weighted by Gasteiger charge is -2.28. The van der Waals surface area contributed by atoms with Gasteiger partial charge in [-0.2, -0.15) is 0 Å². The van der Waals surface area contributed by atoms with Crippen molar-refractivity contribution in [3.63, 3.8) is 0 Å². The molecule has 2 heterocycles. The van der Waals surface area contributed by atoms with Crippen LogP contribution in [0.15, 0.2) is 48.7 Å². The van der Waals surface area contributed by atoms with Gasteiger partial charge in [0.25, 0.3) is 0 Å². The summed E-state index contributed by atoms with van der Waals surface area (Å²) in [5, 5.41) is 14.6. The summed E-state index contributed by atoms with van der Waals surface area (Å²) in [5.41, 5.74) is 3.09. The van der Waals surface area contributed by atoms with Crippen molar-refractivity contribution < 1.29 is 4.79 Å². The molecule has 6 nitrogen and oxygen atoms in total. The zero-order chi connectivity index (χ0) is 20.1. The van der Waals surface area contributed by atoms with Crippen LogP contribution in [-0.2, 0) is 5.41 Å². The molecule has 2 amide bonds. The second-order valence-electron chi connectivity index (χ2n) is 7.85. The fourth-order valence-corrected chi connectivity index (χ4v) is 3.59. The molecule has 148 valence electrons. The van der Waals surface area contributed by atoms with Gasteiger partial charge in [0.05, 0.1) is 6.04 Å². The van der Waals surface area contributed by atoms with E-state index in [0.717, 1.165) is 24.3 Å². The summed E-state index contributed by atoms with van der Waals surface area (Å²) in [6.07, 6.45) is 3.65. The van der Waals surface area contributed by atoms with Crippen LogP contribution in [-0.4, -0.2) is 27.2 Å². The number of amides is 2. The van der Waals surface area contributed by atoms with Gasteiger partial charge >= 0.3 is 6.03 Å². The van der Waals surface area contributed by atoms with Crippen LogP contribution in [0.2, 0.25) is 0 Å². The molecule has 1 aromatic carbocycles. The first kappa shape index (κ1) is 19.9. The molecule has 0 aliphatic heterocycles. The first-order valence-corrected chi connectivity index (χ1v) is 9.82. The van der Waals surface area contributed by atoms with E-state index in [4.69, 9.17) is 0 Å². The van der Waals surface area contributed by atoms with Crippen LogP contribution >= 0.6 is 0 Å². The SMILES string of the molecule is CCCC(NC(=O)NCC(C)(C)c1ccccc1C)c1nnc2ccccn12. The molecule has 0 spiro atoms. The lowest BCUT2D eigenvalue weighted by Crippen LogP contribution is -2.44. The van der Waals surface area contributed by atoms with Crippen LogP contribution in [0.4, 0.5) is 4.79 Å². The highest BCUT2D eigenvalue weighted by atomic mass is 16.2. The molecule has 0 fully saturated rings. The molecule has 2 N–H and O–H groups in total. The number of benzene rings is 1. The lowest BCUT2D eigenvalue weighted by molar-refractivity contribution is 0.233. The first-order chi connectivity index (χ1) is 13.4. The molecular weight excluding hydrogens is 350 g/mol. The van der Waals surface area contributed by atoms with Gasteiger partial charge in [0.2, 0.25) is 0 Å². The second kappa shape index (κ2) is 8.42. The topological polar surface area (TPSA) is 71.3 Å². The van der Waals surface area contributed by atoms with Crippen molar-refractivity contribution >= 4 is 11.7 Å². The first-order valence-electron chi connectivity index (χ1n) is 9.82. The van der Waals surface area contributed by atoms with Gasteiger partial charge in [0.15, 0.2) is 11.5 Å². The van der Waals surface area contributed by atoms with Gasteiger partial charge in [0, 0.05) is 18.2 Å². The van der Waals surface area contributed by atoms with Gasteiger partial charge in [-0.15, -0.1) is 10.2 Å². The Morgan fingerprint density at radius 3 is 2.64 bits per heavy atom. The van der Waals surface area contributed by atoms with Crippen molar-refractivity contribution in [3.8, 4) is 0 Å². The zero-order valence-electron chi connectivity index (χ0n) is 17.1. The molecule has 3 rings (SSSR count). The van der Waals surface area contributed by atoms with E-state index in [1.807, 2.05) is 40.9 Å². The number of hydrogen-bond acceptors (Lipinski definition) is 3. The number of nitrogens with one attached hydrogen (secondary N) is 2. The number of rotatable bonds is 7. The molecule has 0 saturated carbocycles. The number of pyridine rings is 1. The van der Waals surface area contributed by atoms with E-state index in [1.54, 1.807) is 0 Å². The number of aromatic nitrogens is 3. The van der Waals surface area contributed by atoms with Crippen LogP contribution in [0, 0.1) is 6.92 Å². The van der Waals surface area contributed by atoms with Crippen molar-refractivity contribution in [2.45, 2.75) is 52.0 Å². The van der Waals surface area contributed by atoms with Gasteiger partial charge in [-0.1, -0.05) is 57.5 Å².